The Morgan fingerprint density at radius 2 is 2.04 bits per heavy atom. The Kier molecular flexibility index (Phi) is 3.77. The van der Waals surface area contributed by atoms with Crippen molar-refractivity contribution >= 4 is 16.7 Å². The molecule has 0 spiro atoms. The number of fused-ring (bicyclic) bond motifs is 1. The second kappa shape index (κ2) is 5.97. The summed E-state index contributed by atoms with van der Waals surface area (Å²) in [5.74, 6) is 0.422. The highest BCUT2D eigenvalue weighted by Gasteiger charge is 2.23. The first-order chi connectivity index (χ1) is 12.0. The van der Waals surface area contributed by atoms with Crippen molar-refractivity contribution in [1.29, 1.82) is 0 Å². The van der Waals surface area contributed by atoms with E-state index in [2.05, 4.69) is 14.9 Å². The Morgan fingerprint density at radius 1 is 1.20 bits per heavy atom. The molecule has 1 aliphatic rings. The quantitative estimate of drug-likeness (QED) is 0.751. The molecule has 1 aromatic heterocycles. The van der Waals surface area contributed by atoms with Crippen LogP contribution in [0.4, 0.5) is 10.2 Å². The van der Waals surface area contributed by atoms with E-state index in [1.165, 1.54) is 12.1 Å². The van der Waals surface area contributed by atoms with Gasteiger partial charge in [-0.05, 0) is 43.2 Å². The molecule has 4 rings (SSSR count). The topological polar surface area (TPSA) is 75.3 Å². The van der Waals surface area contributed by atoms with E-state index in [1.807, 2.05) is 25.1 Å². The highest BCUT2D eigenvalue weighted by Crippen LogP contribution is 2.31. The summed E-state index contributed by atoms with van der Waals surface area (Å²) in [6, 6.07) is 10.1. The van der Waals surface area contributed by atoms with Gasteiger partial charge in [-0.2, -0.15) is 0 Å². The van der Waals surface area contributed by atoms with Crippen LogP contribution in [0.3, 0.4) is 0 Å². The van der Waals surface area contributed by atoms with Gasteiger partial charge in [0, 0.05) is 30.6 Å². The van der Waals surface area contributed by atoms with Gasteiger partial charge in [0.05, 0.1) is 11.1 Å². The average molecular weight is 338 g/mol. The number of hydrogen-bond donors (Lipinski definition) is 2. The molecular formula is C19H19FN4O. The molecule has 2 heterocycles. The zero-order valence-corrected chi connectivity index (χ0v) is 13.9. The molecule has 1 fully saturated rings. The highest BCUT2D eigenvalue weighted by atomic mass is 19.1. The summed E-state index contributed by atoms with van der Waals surface area (Å²) in [7, 11) is 0. The van der Waals surface area contributed by atoms with Gasteiger partial charge >= 0.3 is 0 Å². The van der Waals surface area contributed by atoms with Gasteiger partial charge in [0.2, 0.25) is 0 Å². The van der Waals surface area contributed by atoms with Crippen molar-refractivity contribution in [3.05, 3.63) is 47.8 Å². The number of nitrogens with two attached hydrogens (primary N) is 1. The van der Waals surface area contributed by atoms with Crippen LogP contribution in [0.2, 0.25) is 0 Å². The molecule has 6 heteroatoms. The minimum atomic E-state index is -0.545. The van der Waals surface area contributed by atoms with Crippen molar-refractivity contribution in [3.63, 3.8) is 0 Å². The summed E-state index contributed by atoms with van der Waals surface area (Å²) >= 11 is 0. The number of aryl methyl sites for hydroxylation is 1. The third kappa shape index (κ3) is 2.89. The Morgan fingerprint density at radius 3 is 2.76 bits per heavy atom. The molecule has 25 heavy (non-hydrogen) atoms. The minimum absolute atomic E-state index is 0.115. The molecule has 0 aliphatic carbocycles. The van der Waals surface area contributed by atoms with Crippen LogP contribution in [0.1, 0.15) is 12.0 Å². The van der Waals surface area contributed by atoms with E-state index in [0.29, 0.717) is 5.82 Å². The van der Waals surface area contributed by atoms with Crippen LogP contribution < -0.4 is 10.6 Å². The highest BCUT2D eigenvalue weighted by molar-refractivity contribution is 5.91. The molecule has 0 unspecified atom stereocenters. The van der Waals surface area contributed by atoms with Crippen LogP contribution in [0, 0.1) is 12.7 Å². The van der Waals surface area contributed by atoms with Gasteiger partial charge in [0.25, 0.3) is 0 Å². The average Bonchev–Trinajstić information content (AvgIpc) is 3.00. The number of phenols is 1. The number of halogens is 1. The number of rotatable bonds is 2. The van der Waals surface area contributed by atoms with Gasteiger partial charge in [0.1, 0.15) is 17.4 Å². The van der Waals surface area contributed by atoms with E-state index in [1.54, 1.807) is 0 Å². The van der Waals surface area contributed by atoms with E-state index < -0.39 is 5.82 Å². The second-order valence-corrected chi connectivity index (χ2v) is 6.55. The maximum absolute atomic E-state index is 14.3. The lowest BCUT2D eigenvalue weighted by atomic mass is 10.1. The van der Waals surface area contributed by atoms with Crippen molar-refractivity contribution in [1.82, 2.24) is 9.97 Å². The van der Waals surface area contributed by atoms with Crippen LogP contribution in [0.5, 0.6) is 5.75 Å². The van der Waals surface area contributed by atoms with E-state index in [4.69, 9.17) is 5.73 Å². The van der Waals surface area contributed by atoms with Crippen LogP contribution >= 0.6 is 0 Å². The summed E-state index contributed by atoms with van der Waals surface area (Å²) in [4.78, 5) is 11.3. The fraction of sp³-hybridized carbons (Fsp3) is 0.263. The molecule has 3 N–H and O–H groups in total. The molecule has 5 nitrogen and oxygen atoms in total. The number of hydrogen-bond acceptors (Lipinski definition) is 5. The molecule has 2 aromatic carbocycles. The molecule has 1 aliphatic heterocycles. The largest absolute Gasteiger partial charge is 0.508 e. The monoisotopic (exact) mass is 338 g/mol. The van der Waals surface area contributed by atoms with Crippen LogP contribution in [0.25, 0.3) is 22.3 Å². The number of nitrogens with zero attached hydrogens (tertiary/aromatic N) is 3. The maximum Gasteiger partial charge on any atom is 0.165 e. The Hall–Kier alpha value is -2.73. The van der Waals surface area contributed by atoms with Gasteiger partial charge in [0.15, 0.2) is 5.82 Å². The number of phenolic OH excluding ortho intramolecular Hbond substituents is 1. The van der Waals surface area contributed by atoms with E-state index in [-0.39, 0.29) is 17.4 Å². The number of aromatic hydroxyl groups is 1. The number of aromatic nitrogens is 2. The molecule has 0 radical (unpaired) electrons. The Bertz CT molecular complexity index is 960. The summed E-state index contributed by atoms with van der Waals surface area (Å²) < 4.78 is 14.3. The van der Waals surface area contributed by atoms with Crippen molar-refractivity contribution in [2.24, 2.45) is 5.73 Å². The van der Waals surface area contributed by atoms with Crippen molar-refractivity contribution in [3.8, 4) is 17.1 Å². The van der Waals surface area contributed by atoms with Crippen LogP contribution in [-0.2, 0) is 0 Å². The van der Waals surface area contributed by atoms with Crippen molar-refractivity contribution in [2.75, 3.05) is 18.0 Å². The van der Waals surface area contributed by atoms with Gasteiger partial charge < -0.3 is 15.7 Å². The molecule has 0 saturated carbocycles. The normalized spacial score (nSPS) is 17.4. The molecule has 3 aromatic rings. The van der Waals surface area contributed by atoms with Crippen molar-refractivity contribution in [2.45, 2.75) is 19.4 Å². The molecule has 1 atom stereocenters. The third-order valence-electron chi connectivity index (χ3n) is 4.55. The first kappa shape index (κ1) is 15.8. The lowest BCUT2D eigenvalue weighted by Gasteiger charge is -2.20. The summed E-state index contributed by atoms with van der Waals surface area (Å²) in [6.45, 7) is 3.53. The van der Waals surface area contributed by atoms with E-state index >= 15 is 0 Å². The summed E-state index contributed by atoms with van der Waals surface area (Å²) in [5, 5.41) is 10.4. The second-order valence-electron chi connectivity index (χ2n) is 6.55. The lowest BCUT2D eigenvalue weighted by Crippen LogP contribution is -2.27. The molecular weight excluding hydrogens is 319 g/mol. The Balaban J connectivity index is 1.93. The standard InChI is InChI=1S/C19H19FN4O/c1-11-2-4-15-17(8-11)22-18(14-5-3-13(25)9-16(14)20)23-19(15)24-7-6-12(21)10-24/h2-5,8-9,12,25H,6-7,10,21H2,1H3/t12-/m1/s1. The van der Waals surface area contributed by atoms with Gasteiger partial charge in [-0.25, -0.2) is 14.4 Å². The van der Waals surface area contributed by atoms with E-state index in [9.17, 15) is 9.50 Å². The smallest absolute Gasteiger partial charge is 0.165 e. The maximum atomic E-state index is 14.3. The zero-order chi connectivity index (χ0) is 17.6. The minimum Gasteiger partial charge on any atom is -0.508 e. The molecule has 0 bridgehead atoms. The zero-order valence-electron chi connectivity index (χ0n) is 13.9. The molecule has 1 saturated heterocycles. The summed E-state index contributed by atoms with van der Waals surface area (Å²) in [6.07, 6.45) is 0.903. The third-order valence-corrected chi connectivity index (χ3v) is 4.55. The Labute approximate surface area is 144 Å². The van der Waals surface area contributed by atoms with Gasteiger partial charge in [-0.3, -0.25) is 0 Å². The number of anilines is 1. The fourth-order valence-corrected chi connectivity index (χ4v) is 3.25. The van der Waals surface area contributed by atoms with Crippen LogP contribution in [-0.4, -0.2) is 34.2 Å². The first-order valence-electron chi connectivity index (χ1n) is 8.29. The van der Waals surface area contributed by atoms with Crippen molar-refractivity contribution < 1.29 is 9.50 Å². The van der Waals surface area contributed by atoms with Gasteiger partial charge in [-0.1, -0.05) is 6.07 Å². The molecule has 128 valence electrons. The predicted octanol–water partition coefficient (Wildman–Crippen LogP) is 2.99. The SMILES string of the molecule is Cc1ccc2c(N3CC[C@@H](N)C3)nc(-c3ccc(O)cc3F)nc2c1. The summed E-state index contributed by atoms with van der Waals surface area (Å²) in [5.41, 5.74) is 8.16. The molecule has 0 amide bonds. The van der Waals surface area contributed by atoms with Gasteiger partial charge in [-0.15, -0.1) is 0 Å². The first-order valence-corrected chi connectivity index (χ1v) is 8.29. The fourth-order valence-electron chi connectivity index (χ4n) is 3.25. The van der Waals surface area contributed by atoms with Crippen LogP contribution in [0.15, 0.2) is 36.4 Å². The number of benzene rings is 2. The van der Waals surface area contributed by atoms with E-state index in [0.717, 1.165) is 47.9 Å². The predicted molar refractivity (Wildman–Crippen MR) is 96.1 cm³/mol. The lowest BCUT2D eigenvalue weighted by molar-refractivity contribution is 0.469.